The first kappa shape index (κ1) is 15.9. The Labute approximate surface area is 157 Å². The number of pyridine rings is 1. The van der Waals surface area contributed by atoms with Crippen molar-refractivity contribution in [3.05, 3.63) is 36.2 Å². The van der Waals surface area contributed by atoms with Crippen LogP contribution in [0.1, 0.15) is 64.4 Å². The average molecular weight is 350 g/mol. The van der Waals surface area contributed by atoms with Crippen molar-refractivity contribution in [1.29, 1.82) is 0 Å². The van der Waals surface area contributed by atoms with Gasteiger partial charge in [-0.3, -0.25) is 4.98 Å². The van der Waals surface area contributed by atoms with E-state index in [9.17, 15) is 5.11 Å². The van der Waals surface area contributed by atoms with Crippen molar-refractivity contribution in [3.63, 3.8) is 0 Å². The van der Waals surface area contributed by atoms with Gasteiger partial charge in [-0.15, -0.1) is 0 Å². The Hall–Kier alpha value is -1.15. The van der Waals surface area contributed by atoms with Crippen molar-refractivity contribution in [3.8, 4) is 0 Å². The van der Waals surface area contributed by atoms with Crippen LogP contribution in [0.15, 0.2) is 30.6 Å². The van der Waals surface area contributed by atoms with Crippen LogP contribution in [-0.2, 0) is 0 Å². The summed E-state index contributed by atoms with van der Waals surface area (Å²) in [4.78, 5) is 4.38. The molecule has 138 valence electrons. The molecule has 26 heavy (non-hydrogen) atoms. The molecule has 0 bridgehead atoms. The highest BCUT2D eigenvalue weighted by molar-refractivity contribution is 5.72. The topological polar surface area (TPSA) is 33.1 Å². The molecule has 0 amide bonds. The molecule has 3 unspecified atom stereocenters. The molecule has 2 heteroatoms. The fourth-order valence-corrected chi connectivity index (χ4v) is 8.85. The number of hydrogen-bond donors (Lipinski definition) is 1. The fourth-order valence-electron chi connectivity index (χ4n) is 8.85. The minimum absolute atomic E-state index is 0.0500. The van der Waals surface area contributed by atoms with Gasteiger partial charge in [-0.05, 0) is 96.7 Å². The molecular weight excluding hydrogens is 318 g/mol. The van der Waals surface area contributed by atoms with E-state index in [0.29, 0.717) is 22.7 Å². The highest BCUT2D eigenvalue weighted by Gasteiger charge is 2.76. The van der Waals surface area contributed by atoms with E-state index >= 15 is 0 Å². The maximum atomic E-state index is 11.2. The second kappa shape index (κ2) is 4.82. The molecule has 1 heterocycles. The molecule has 8 atom stereocenters. The van der Waals surface area contributed by atoms with Crippen LogP contribution in [0.2, 0.25) is 0 Å². The molecule has 6 rings (SSSR count). The predicted molar refractivity (Wildman–Crippen MR) is 103 cm³/mol. The summed E-state index contributed by atoms with van der Waals surface area (Å²) in [6.45, 7) is 5.07. The molecule has 0 aliphatic heterocycles. The number of aromatic nitrogens is 1. The van der Waals surface area contributed by atoms with Crippen LogP contribution in [0.4, 0.5) is 0 Å². The zero-order valence-electron chi connectivity index (χ0n) is 16.1. The summed E-state index contributed by atoms with van der Waals surface area (Å²) in [6, 6.07) is 4.30. The molecule has 1 aromatic rings. The summed E-state index contributed by atoms with van der Waals surface area (Å²) in [5, 5.41) is 11.2. The van der Waals surface area contributed by atoms with Gasteiger partial charge in [0, 0.05) is 17.8 Å². The van der Waals surface area contributed by atoms with Crippen molar-refractivity contribution >= 4 is 5.57 Å². The number of fused-ring (bicyclic) bond motifs is 4. The first-order valence-corrected chi connectivity index (χ1v) is 10.8. The van der Waals surface area contributed by atoms with E-state index in [2.05, 4.69) is 37.0 Å². The lowest BCUT2D eigenvalue weighted by molar-refractivity contribution is -0.140. The molecule has 0 radical (unpaired) electrons. The molecule has 1 N–H and O–H groups in total. The zero-order chi connectivity index (χ0) is 17.7. The maximum absolute atomic E-state index is 11.2. The molecule has 5 aliphatic carbocycles. The number of allylic oxidation sites excluding steroid dienone is 2. The Balaban J connectivity index is 1.37. The lowest BCUT2D eigenvalue weighted by Gasteiger charge is -2.60. The summed E-state index contributed by atoms with van der Waals surface area (Å²) in [5.41, 5.74) is 3.83. The number of hydrogen-bond acceptors (Lipinski definition) is 2. The van der Waals surface area contributed by atoms with Crippen LogP contribution in [0.5, 0.6) is 0 Å². The molecular formula is C24H31NO. The Morgan fingerprint density at radius 1 is 1.15 bits per heavy atom. The second-order valence-electron chi connectivity index (χ2n) is 10.6. The number of aliphatic hydroxyl groups is 1. The highest BCUT2D eigenvalue weighted by Crippen LogP contribution is 2.81. The normalized spacial score (nSPS) is 54.0. The van der Waals surface area contributed by atoms with Crippen molar-refractivity contribution in [1.82, 2.24) is 4.98 Å². The summed E-state index contributed by atoms with van der Waals surface area (Å²) in [6.07, 6.45) is 15.4. The first-order chi connectivity index (χ1) is 12.5. The van der Waals surface area contributed by atoms with Gasteiger partial charge in [0.2, 0.25) is 0 Å². The molecule has 4 fully saturated rings. The van der Waals surface area contributed by atoms with Crippen LogP contribution in [0.3, 0.4) is 0 Å². The summed E-state index contributed by atoms with van der Waals surface area (Å²) in [5.74, 6) is 3.07. The number of nitrogens with zero attached hydrogens (tertiary/aromatic N) is 1. The van der Waals surface area contributed by atoms with E-state index in [4.69, 9.17) is 0 Å². The maximum Gasteiger partial charge on any atom is 0.0607 e. The van der Waals surface area contributed by atoms with Gasteiger partial charge >= 0.3 is 0 Å². The predicted octanol–water partition coefficient (Wildman–Crippen LogP) is 5.09. The van der Waals surface area contributed by atoms with Crippen molar-refractivity contribution in [2.45, 2.75) is 64.9 Å². The molecule has 0 saturated heterocycles. The van der Waals surface area contributed by atoms with Crippen LogP contribution < -0.4 is 0 Å². The van der Waals surface area contributed by atoms with Crippen LogP contribution in [0, 0.1) is 39.9 Å². The molecule has 2 nitrogen and oxygen atoms in total. The van der Waals surface area contributed by atoms with E-state index < -0.39 is 0 Å². The third-order valence-electron chi connectivity index (χ3n) is 10.1. The van der Waals surface area contributed by atoms with Crippen molar-refractivity contribution in [2.24, 2.45) is 39.9 Å². The van der Waals surface area contributed by atoms with Gasteiger partial charge in [-0.1, -0.05) is 26.0 Å². The molecule has 4 saturated carbocycles. The Bertz CT molecular complexity index is 787. The van der Waals surface area contributed by atoms with E-state index in [0.717, 1.165) is 18.3 Å². The van der Waals surface area contributed by atoms with Crippen molar-refractivity contribution < 1.29 is 5.11 Å². The van der Waals surface area contributed by atoms with E-state index in [1.54, 1.807) is 0 Å². The van der Waals surface area contributed by atoms with E-state index in [1.165, 1.54) is 49.7 Å². The van der Waals surface area contributed by atoms with Gasteiger partial charge in [-0.2, -0.15) is 0 Å². The molecule has 5 aliphatic rings. The quantitative estimate of drug-likeness (QED) is 0.766. The first-order valence-electron chi connectivity index (χ1n) is 10.8. The van der Waals surface area contributed by atoms with Crippen LogP contribution >= 0.6 is 0 Å². The average Bonchev–Trinajstić information content (AvgIpc) is 3.17. The van der Waals surface area contributed by atoms with Gasteiger partial charge in [-0.25, -0.2) is 0 Å². The van der Waals surface area contributed by atoms with Crippen LogP contribution in [-0.4, -0.2) is 16.2 Å². The minimum atomic E-state index is -0.0500. The number of rotatable bonds is 1. The zero-order valence-corrected chi connectivity index (χ0v) is 16.1. The molecule has 0 aromatic carbocycles. The van der Waals surface area contributed by atoms with Gasteiger partial charge in [0.1, 0.15) is 0 Å². The third kappa shape index (κ3) is 1.63. The molecule has 1 aromatic heterocycles. The monoisotopic (exact) mass is 349 g/mol. The lowest BCUT2D eigenvalue weighted by atomic mass is 9.45. The smallest absolute Gasteiger partial charge is 0.0607 e. The lowest BCUT2D eigenvalue weighted by Crippen LogP contribution is -2.56. The van der Waals surface area contributed by atoms with E-state index in [-0.39, 0.29) is 11.5 Å². The van der Waals surface area contributed by atoms with Gasteiger partial charge < -0.3 is 5.11 Å². The van der Waals surface area contributed by atoms with Crippen molar-refractivity contribution in [2.75, 3.05) is 0 Å². The highest BCUT2D eigenvalue weighted by atomic mass is 16.3. The van der Waals surface area contributed by atoms with Gasteiger partial charge in [0.25, 0.3) is 0 Å². The van der Waals surface area contributed by atoms with Crippen LogP contribution in [0.25, 0.3) is 5.57 Å². The SMILES string of the molecule is C[C@]12CC[C@H]3[C@@H](CC(O)C45CC4CC[C@]35C)[C@@H]1CC=C2c1cccnc1. The summed E-state index contributed by atoms with van der Waals surface area (Å²) in [7, 11) is 0. The Morgan fingerprint density at radius 3 is 2.81 bits per heavy atom. The fraction of sp³-hybridized carbons (Fsp3) is 0.708. The molecule has 1 spiro atoms. The second-order valence-corrected chi connectivity index (χ2v) is 10.6. The summed E-state index contributed by atoms with van der Waals surface area (Å²) < 4.78 is 0. The summed E-state index contributed by atoms with van der Waals surface area (Å²) >= 11 is 0. The van der Waals surface area contributed by atoms with Gasteiger partial charge in [0.15, 0.2) is 0 Å². The number of aliphatic hydroxyl groups excluding tert-OH is 1. The van der Waals surface area contributed by atoms with Gasteiger partial charge in [0.05, 0.1) is 6.10 Å². The Morgan fingerprint density at radius 2 is 2.04 bits per heavy atom. The minimum Gasteiger partial charge on any atom is -0.393 e. The van der Waals surface area contributed by atoms with E-state index in [1.807, 2.05) is 12.4 Å². The Kier molecular flexibility index (Phi) is 2.94. The standard InChI is InChI=1S/C24H31NO/c1-22-9-8-20-17(12-21(26)24-13-16(24)7-10-23(20,24)2)19(22)6-5-18(22)15-4-3-11-25-14-15/h3-5,11,14,16-17,19-21,26H,6-10,12-13H2,1-2H3/t16?,17-,19-,20-,21?,22+,23+,24?/m0/s1. The largest absolute Gasteiger partial charge is 0.393 e. The third-order valence-corrected chi connectivity index (χ3v) is 10.1.